The number of fused-ring (bicyclic) bond motifs is 1. The molecule has 1 amide bonds. The van der Waals surface area contributed by atoms with Crippen LogP contribution in [0.2, 0.25) is 0 Å². The van der Waals surface area contributed by atoms with Crippen molar-refractivity contribution in [3.63, 3.8) is 0 Å². The van der Waals surface area contributed by atoms with Crippen molar-refractivity contribution in [3.8, 4) is 11.3 Å². The van der Waals surface area contributed by atoms with Crippen LogP contribution in [-0.2, 0) is 0 Å². The van der Waals surface area contributed by atoms with E-state index in [1.807, 2.05) is 0 Å². The molecular weight excluding hydrogens is 246 g/mol. The molecule has 0 radical (unpaired) electrons. The maximum Gasteiger partial charge on any atom is 0.287 e. The van der Waals surface area contributed by atoms with Crippen molar-refractivity contribution >= 4 is 17.8 Å². The Morgan fingerprint density at radius 1 is 1.16 bits per heavy atom. The predicted octanol–water partition coefficient (Wildman–Crippen LogP) is 2.23. The molecule has 2 aromatic rings. The zero-order chi connectivity index (χ0) is 13.4. The predicted molar refractivity (Wildman–Crippen MR) is 68.3 cm³/mol. The number of hydrogen-bond donors (Lipinski definition) is 0. The summed E-state index contributed by atoms with van der Waals surface area (Å²) in [6.45, 7) is 0. The van der Waals surface area contributed by atoms with Crippen LogP contribution in [0.4, 0.5) is 5.69 Å². The molecule has 1 aromatic heterocycles. The van der Waals surface area contributed by atoms with Gasteiger partial charge in [-0.3, -0.25) is 14.9 Å². The Balaban J connectivity index is 2.01. The number of aliphatic imine (C=N–C) groups is 1. The van der Waals surface area contributed by atoms with E-state index in [4.69, 9.17) is 0 Å². The lowest BCUT2D eigenvalue weighted by Crippen LogP contribution is -1.94. The van der Waals surface area contributed by atoms with Crippen molar-refractivity contribution < 1.29 is 9.72 Å². The van der Waals surface area contributed by atoms with E-state index in [0.717, 1.165) is 11.1 Å². The van der Waals surface area contributed by atoms with E-state index in [1.54, 1.807) is 24.3 Å². The van der Waals surface area contributed by atoms with Gasteiger partial charge in [0.05, 0.1) is 16.2 Å². The number of carbonyl (C=O) groups is 1. The first-order valence-corrected chi connectivity index (χ1v) is 5.48. The maximum absolute atomic E-state index is 11.5. The molecular formula is C13H7N3O3. The Hall–Kier alpha value is -2.89. The minimum absolute atomic E-state index is 0.0654. The number of rotatable bonds is 2. The van der Waals surface area contributed by atoms with Crippen molar-refractivity contribution in [1.82, 2.24) is 4.98 Å². The van der Waals surface area contributed by atoms with E-state index in [-0.39, 0.29) is 11.6 Å². The average molecular weight is 253 g/mol. The number of nitrogens with zero attached hydrogens (tertiary/aromatic N) is 3. The summed E-state index contributed by atoms with van der Waals surface area (Å²) < 4.78 is 0. The molecule has 0 atom stereocenters. The van der Waals surface area contributed by atoms with Crippen LogP contribution in [0.1, 0.15) is 15.9 Å². The first-order chi connectivity index (χ1) is 9.15. The van der Waals surface area contributed by atoms with E-state index in [0.29, 0.717) is 11.3 Å². The van der Waals surface area contributed by atoms with Gasteiger partial charge < -0.3 is 0 Å². The zero-order valence-electron chi connectivity index (χ0n) is 9.61. The number of amides is 1. The van der Waals surface area contributed by atoms with Gasteiger partial charge in [-0.05, 0) is 12.1 Å². The van der Waals surface area contributed by atoms with E-state index >= 15 is 0 Å². The molecule has 2 heterocycles. The van der Waals surface area contributed by atoms with E-state index in [9.17, 15) is 14.9 Å². The molecule has 0 saturated heterocycles. The normalized spacial score (nSPS) is 12.5. The summed E-state index contributed by atoms with van der Waals surface area (Å²) in [6.07, 6.45) is 2.71. The van der Waals surface area contributed by atoms with Gasteiger partial charge in [0.1, 0.15) is 6.20 Å². The lowest BCUT2D eigenvalue weighted by atomic mass is 10.0. The second-order valence-corrected chi connectivity index (χ2v) is 4.02. The molecule has 1 aliphatic heterocycles. The van der Waals surface area contributed by atoms with E-state index in [2.05, 4.69) is 9.98 Å². The third-order valence-corrected chi connectivity index (χ3v) is 2.86. The summed E-state index contributed by atoms with van der Waals surface area (Å²) in [5.74, 6) is -0.279. The maximum atomic E-state index is 11.5. The molecule has 1 aromatic carbocycles. The van der Waals surface area contributed by atoms with Crippen LogP contribution < -0.4 is 0 Å². The van der Waals surface area contributed by atoms with Crippen LogP contribution in [-0.4, -0.2) is 22.0 Å². The van der Waals surface area contributed by atoms with Crippen molar-refractivity contribution in [1.29, 1.82) is 0 Å². The Labute approximate surface area is 107 Å². The van der Waals surface area contributed by atoms with Gasteiger partial charge in [-0.2, -0.15) is 0 Å². The molecule has 0 fully saturated rings. The summed E-state index contributed by atoms with van der Waals surface area (Å²) in [5, 5.41) is 10.5. The Morgan fingerprint density at radius 2 is 2.00 bits per heavy atom. The SMILES string of the molecule is O=C1N=Cc2ccc(-c3ccc([N+](=O)[O-])cn3)cc21. The van der Waals surface area contributed by atoms with Crippen molar-refractivity contribution in [3.05, 3.63) is 57.8 Å². The Bertz CT molecular complexity index is 720. The van der Waals surface area contributed by atoms with Crippen molar-refractivity contribution in [2.45, 2.75) is 0 Å². The highest BCUT2D eigenvalue weighted by Gasteiger charge is 2.16. The molecule has 6 nitrogen and oxygen atoms in total. The first-order valence-electron chi connectivity index (χ1n) is 5.48. The van der Waals surface area contributed by atoms with E-state index in [1.165, 1.54) is 18.5 Å². The topological polar surface area (TPSA) is 85.5 Å². The molecule has 0 N–H and O–H groups in total. The largest absolute Gasteiger partial charge is 0.287 e. The van der Waals surface area contributed by atoms with Gasteiger partial charge in [-0.15, -0.1) is 0 Å². The van der Waals surface area contributed by atoms with Gasteiger partial charge in [0.2, 0.25) is 0 Å². The van der Waals surface area contributed by atoms with Gasteiger partial charge in [0, 0.05) is 23.4 Å². The summed E-state index contributed by atoms with van der Waals surface area (Å²) in [7, 11) is 0. The molecule has 0 aliphatic carbocycles. The fourth-order valence-electron chi connectivity index (χ4n) is 1.88. The first kappa shape index (κ1) is 11.2. The molecule has 19 heavy (non-hydrogen) atoms. The number of benzene rings is 1. The van der Waals surface area contributed by atoms with Crippen molar-refractivity contribution in [2.24, 2.45) is 4.99 Å². The van der Waals surface area contributed by atoms with Crippen LogP contribution in [0.25, 0.3) is 11.3 Å². The summed E-state index contributed by atoms with van der Waals surface area (Å²) in [5.41, 5.74) is 2.54. The van der Waals surface area contributed by atoms with Crippen LogP contribution in [0, 0.1) is 10.1 Å². The molecule has 1 aliphatic rings. The summed E-state index contributed by atoms with van der Waals surface area (Å²) in [6, 6.07) is 8.21. The van der Waals surface area contributed by atoms with Gasteiger partial charge in [-0.1, -0.05) is 12.1 Å². The quantitative estimate of drug-likeness (QED) is 0.606. The minimum Gasteiger partial charge on any atom is -0.267 e. The monoisotopic (exact) mass is 253 g/mol. The molecule has 0 bridgehead atoms. The third kappa shape index (κ3) is 1.89. The average Bonchev–Trinajstić information content (AvgIpc) is 2.80. The van der Waals surface area contributed by atoms with Gasteiger partial charge in [0.15, 0.2) is 0 Å². The Morgan fingerprint density at radius 3 is 2.68 bits per heavy atom. The fraction of sp³-hybridized carbons (Fsp3) is 0. The smallest absolute Gasteiger partial charge is 0.267 e. The second kappa shape index (κ2) is 4.09. The zero-order valence-corrected chi connectivity index (χ0v) is 9.61. The Kier molecular flexibility index (Phi) is 2.42. The lowest BCUT2D eigenvalue weighted by molar-refractivity contribution is -0.385. The lowest BCUT2D eigenvalue weighted by Gasteiger charge is -2.02. The second-order valence-electron chi connectivity index (χ2n) is 4.02. The van der Waals surface area contributed by atoms with Crippen molar-refractivity contribution in [2.75, 3.05) is 0 Å². The van der Waals surface area contributed by atoms with Crippen LogP contribution in [0.3, 0.4) is 0 Å². The van der Waals surface area contributed by atoms with Gasteiger partial charge in [-0.25, -0.2) is 9.98 Å². The number of hydrogen-bond acceptors (Lipinski definition) is 4. The van der Waals surface area contributed by atoms with Crippen LogP contribution >= 0.6 is 0 Å². The van der Waals surface area contributed by atoms with E-state index < -0.39 is 4.92 Å². The summed E-state index contributed by atoms with van der Waals surface area (Å²) in [4.78, 5) is 29.3. The number of aromatic nitrogens is 1. The molecule has 0 saturated carbocycles. The fourth-order valence-corrected chi connectivity index (χ4v) is 1.88. The molecule has 92 valence electrons. The highest BCUT2D eigenvalue weighted by Crippen LogP contribution is 2.24. The number of nitro groups is 1. The molecule has 0 unspecified atom stereocenters. The molecule has 3 rings (SSSR count). The molecule has 0 spiro atoms. The van der Waals surface area contributed by atoms with Crippen LogP contribution in [0.5, 0.6) is 0 Å². The molecule has 6 heteroatoms. The summed E-state index contributed by atoms with van der Waals surface area (Å²) >= 11 is 0. The number of pyridine rings is 1. The van der Waals surface area contributed by atoms with Gasteiger partial charge >= 0.3 is 0 Å². The highest BCUT2D eigenvalue weighted by molar-refractivity contribution is 6.13. The third-order valence-electron chi connectivity index (χ3n) is 2.86. The number of carbonyl (C=O) groups excluding carboxylic acids is 1. The van der Waals surface area contributed by atoms with Crippen LogP contribution in [0.15, 0.2) is 41.5 Å². The highest BCUT2D eigenvalue weighted by atomic mass is 16.6. The standard InChI is InChI=1S/C13H7N3O3/c17-13-11-5-8(1-2-9(11)6-15-13)12-4-3-10(7-14-12)16(18)19/h1-7H. The van der Waals surface area contributed by atoms with Gasteiger partial charge in [0.25, 0.3) is 11.6 Å². The minimum atomic E-state index is -0.503.